The Morgan fingerprint density at radius 3 is 2.65 bits per heavy atom. The molecule has 3 heteroatoms. The van der Waals surface area contributed by atoms with Gasteiger partial charge < -0.3 is 10.5 Å². The molecule has 0 aliphatic heterocycles. The Kier molecular flexibility index (Phi) is 3.10. The van der Waals surface area contributed by atoms with E-state index in [4.69, 9.17) is 10.5 Å². The molecule has 0 saturated carbocycles. The molecule has 0 unspecified atom stereocenters. The normalized spacial score (nSPS) is 9.94. The number of carbonyl (C=O) groups excluding carboxylic acids is 1. The maximum atomic E-state index is 11.0. The molecule has 0 spiro atoms. The number of ether oxygens (including phenoxy) is 1. The van der Waals surface area contributed by atoms with Crippen molar-refractivity contribution in [3.8, 4) is 16.9 Å². The quantitative estimate of drug-likeness (QED) is 0.648. The Morgan fingerprint density at radius 2 is 1.94 bits per heavy atom. The molecule has 3 nitrogen and oxygen atoms in total. The van der Waals surface area contributed by atoms with E-state index in [-0.39, 0.29) is 0 Å². The zero-order valence-corrected chi connectivity index (χ0v) is 9.51. The lowest BCUT2D eigenvalue weighted by molar-refractivity contribution is 0.112. The molecule has 0 heterocycles. The first-order chi connectivity index (χ1) is 8.24. The fourth-order valence-corrected chi connectivity index (χ4v) is 1.76. The van der Waals surface area contributed by atoms with Gasteiger partial charge in [0.25, 0.3) is 0 Å². The number of rotatable bonds is 3. The largest absolute Gasteiger partial charge is 0.497 e. The smallest absolute Gasteiger partial charge is 0.150 e. The highest BCUT2D eigenvalue weighted by Crippen LogP contribution is 2.28. The summed E-state index contributed by atoms with van der Waals surface area (Å²) in [5.74, 6) is 0.681. The third-order valence-corrected chi connectivity index (χ3v) is 2.56. The Bertz CT molecular complexity index is 550. The van der Waals surface area contributed by atoms with Crippen LogP contribution in [0.3, 0.4) is 0 Å². The average Bonchev–Trinajstić information content (AvgIpc) is 2.37. The van der Waals surface area contributed by atoms with Crippen molar-refractivity contribution in [1.29, 1.82) is 0 Å². The van der Waals surface area contributed by atoms with Crippen LogP contribution < -0.4 is 10.5 Å². The van der Waals surface area contributed by atoms with Crippen LogP contribution >= 0.6 is 0 Å². The minimum absolute atomic E-state index is 0.611. The summed E-state index contributed by atoms with van der Waals surface area (Å²) in [6, 6.07) is 12.8. The molecule has 0 fully saturated rings. The predicted octanol–water partition coefficient (Wildman–Crippen LogP) is 2.76. The molecule has 0 aliphatic rings. The van der Waals surface area contributed by atoms with Gasteiger partial charge in [0.2, 0.25) is 0 Å². The summed E-state index contributed by atoms with van der Waals surface area (Å²) < 4.78 is 5.16. The van der Waals surface area contributed by atoms with Gasteiger partial charge in [-0.1, -0.05) is 24.3 Å². The van der Waals surface area contributed by atoms with Gasteiger partial charge in [0.15, 0.2) is 6.29 Å². The summed E-state index contributed by atoms with van der Waals surface area (Å²) in [6.45, 7) is 0. The van der Waals surface area contributed by atoms with Gasteiger partial charge in [-0.2, -0.15) is 0 Å². The number of hydrogen-bond acceptors (Lipinski definition) is 3. The second-order valence-electron chi connectivity index (χ2n) is 3.70. The molecule has 2 aromatic carbocycles. The first-order valence-electron chi connectivity index (χ1n) is 5.23. The third kappa shape index (κ3) is 2.28. The fourth-order valence-electron chi connectivity index (χ4n) is 1.76. The molecule has 2 N–H and O–H groups in total. The summed E-state index contributed by atoms with van der Waals surface area (Å²) in [6.07, 6.45) is 0.838. The molecule has 0 radical (unpaired) electrons. The summed E-state index contributed by atoms with van der Waals surface area (Å²) in [7, 11) is 1.59. The number of methoxy groups -OCH3 is 1. The van der Waals surface area contributed by atoms with Crippen molar-refractivity contribution >= 4 is 12.0 Å². The molecule has 0 amide bonds. The molecule has 86 valence electrons. The number of nitrogen functional groups attached to an aromatic ring is 1. The summed E-state index contributed by atoms with van der Waals surface area (Å²) in [5.41, 5.74) is 8.78. The number of carbonyl (C=O) groups is 1. The maximum absolute atomic E-state index is 11.0. The van der Waals surface area contributed by atoms with Crippen LogP contribution in [0.4, 0.5) is 5.69 Å². The Balaban J connectivity index is 2.59. The van der Waals surface area contributed by atoms with E-state index < -0.39 is 0 Å². The minimum Gasteiger partial charge on any atom is -0.497 e. The molecule has 0 aromatic heterocycles. The van der Waals surface area contributed by atoms with Gasteiger partial charge in [-0.3, -0.25) is 4.79 Å². The zero-order chi connectivity index (χ0) is 12.3. The summed E-state index contributed by atoms with van der Waals surface area (Å²) in [4.78, 5) is 11.0. The highest BCUT2D eigenvalue weighted by atomic mass is 16.5. The van der Waals surface area contributed by atoms with E-state index in [0.29, 0.717) is 17.0 Å². The number of hydrogen-bond donors (Lipinski definition) is 1. The highest BCUT2D eigenvalue weighted by Gasteiger charge is 2.06. The number of anilines is 1. The van der Waals surface area contributed by atoms with Gasteiger partial charge in [-0.25, -0.2) is 0 Å². The van der Waals surface area contributed by atoms with Crippen LogP contribution in [-0.4, -0.2) is 13.4 Å². The van der Waals surface area contributed by atoms with Crippen molar-refractivity contribution in [3.63, 3.8) is 0 Å². The summed E-state index contributed by atoms with van der Waals surface area (Å²) in [5, 5.41) is 0. The maximum Gasteiger partial charge on any atom is 0.150 e. The van der Waals surface area contributed by atoms with Crippen LogP contribution in [0.2, 0.25) is 0 Å². The third-order valence-electron chi connectivity index (χ3n) is 2.56. The van der Waals surface area contributed by atoms with Crippen molar-refractivity contribution in [3.05, 3.63) is 48.0 Å². The molecule has 0 atom stereocenters. The standard InChI is InChI=1S/C14H13NO2/c1-17-13-7-11(6-12(15)8-13)14-5-3-2-4-10(14)9-16/h2-9H,15H2,1H3. The molecular weight excluding hydrogens is 214 g/mol. The van der Waals surface area contributed by atoms with E-state index in [1.807, 2.05) is 30.3 Å². The van der Waals surface area contributed by atoms with Crippen LogP contribution in [0.1, 0.15) is 10.4 Å². The predicted molar refractivity (Wildman–Crippen MR) is 68.2 cm³/mol. The zero-order valence-electron chi connectivity index (χ0n) is 9.51. The Morgan fingerprint density at radius 1 is 1.18 bits per heavy atom. The molecule has 17 heavy (non-hydrogen) atoms. The molecule has 0 aliphatic carbocycles. The highest BCUT2D eigenvalue weighted by molar-refractivity contribution is 5.88. The second kappa shape index (κ2) is 4.70. The Labute approximate surface area is 99.8 Å². The van der Waals surface area contributed by atoms with Gasteiger partial charge in [-0.15, -0.1) is 0 Å². The lowest BCUT2D eigenvalue weighted by atomic mass is 10.00. The topological polar surface area (TPSA) is 52.3 Å². The fraction of sp³-hybridized carbons (Fsp3) is 0.0714. The van der Waals surface area contributed by atoms with Crippen LogP contribution in [0.15, 0.2) is 42.5 Å². The van der Waals surface area contributed by atoms with Crippen molar-refractivity contribution in [2.45, 2.75) is 0 Å². The first kappa shape index (κ1) is 11.2. The second-order valence-corrected chi connectivity index (χ2v) is 3.70. The van der Waals surface area contributed by atoms with Crippen molar-refractivity contribution < 1.29 is 9.53 Å². The molecule has 0 bridgehead atoms. The first-order valence-corrected chi connectivity index (χ1v) is 5.23. The SMILES string of the molecule is COc1cc(N)cc(-c2ccccc2C=O)c1. The van der Waals surface area contributed by atoms with E-state index in [2.05, 4.69) is 0 Å². The van der Waals surface area contributed by atoms with Gasteiger partial charge in [0.05, 0.1) is 7.11 Å². The number of benzene rings is 2. The van der Waals surface area contributed by atoms with Crippen molar-refractivity contribution in [1.82, 2.24) is 0 Å². The minimum atomic E-state index is 0.611. The van der Waals surface area contributed by atoms with Gasteiger partial charge in [0.1, 0.15) is 5.75 Å². The van der Waals surface area contributed by atoms with Crippen LogP contribution in [0, 0.1) is 0 Å². The van der Waals surface area contributed by atoms with Gasteiger partial charge in [0, 0.05) is 17.3 Å². The molecule has 2 aromatic rings. The monoisotopic (exact) mass is 227 g/mol. The lowest BCUT2D eigenvalue weighted by Crippen LogP contribution is -1.92. The molecule has 2 rings (SSSR count). The summed E-state index contributed by atoms with van der Waals surface area (Å²) >= 11 is 0. The van der Waals surface area contributed by atoms with Crippen molar-refractivity contribution in [2.75, 3.05) is 12.8 Å². The average molecular weight is 227 g/mol. The van der Waals surface area contributed by atoms with E-state index in [1.165, 1.54) is 0 Å². The van der Waals surface area contributed by atoms with E-state index in [0.717, 1.165) is 17.4 Å². The van der Waals surface area contributed by atoms with Crippen LogP contribution in [0.5, 0.6) is 5.75 Å². The van der Waals surface area contributed by atoms with E-state index >= 15 is 0 Å². The molecular formula is C14H13NO2. The Hall–Kier alpha value is -2.29. The van der Waals surface area contributed by atoms with E-state index in [1.54, 1.807) is 19.2 Å². The van der Waals surface area contributed by atoms with Gasteiger partial charge >= 0.3 is 0 Å². The van der Waals surface area contributed by atoms with Crippen molar-refractivity contribution in [2.24, 2.45) is 0 Å². The number of nitrogens with two attached hydrogens (primary N) is 1. The number of aldehydes is 1. The van der Waals surface area contributed by atoms with Gasteiger partial charge in [-0.05, 0) is 23.3 Å². The lowest BCUT2D eigenvalue weighted by Gasteiger charge is -2.08. The molecule has 0 saturated heterocycles. The van der Waals surface area contributed by atoms with E-state index in [9.17, 15) is 4.79 Å². The van der Waals surface area contributed by atoms with Crippen LogP contribution in [0.25, 0.3) is 11.1 Å². The van der Waals surface area contributed by atoms with Crippen LogP contribution in [-0.2, 0) is 0 Å².